The Hall–Kier alpha value is -0.910. The molecule has 0 aromatic heterocycles. The smallest absolute Gasteiger partial charge is 0.223 e. The summed E-state index contributed by atoms with van der Waals surface area (Å²) < 4.78 is 183. The maximum absolute atomic E-state index is 15.0. The quantitative estimate of drug-likeness (QED) is 0.379. The van der Waals surface area contributed by atoms with E-state index in [0.29, 0.717) is 6.42 Å². The van der Waals surface area contributed by atoms with Crippen LogP contribution in [0.4, 0.5) is 57.1 Å². The molecule has 0 saturated heterocycles. The molecule has 3 saturated carbocycles. The van der Waals surface area contributed by atoms with Crippen LogP contribution in [0.2, 0.25) is 0 Å². The van der Waals surface area contributed by atoms with Crippen molar-refractivity contribution in [2.24, 2.45) is 17.8 Å². The van der Waals surface area contributed by atoms with Crippen molar-refractivity contribution in [1.29, 1.82) is 0 Å². The monoisotopic (exact) mass is 468 g/mol. The van der Waals surface area contributed by atoms with Gasteiger partial charge in [-0.25, -0.2) is 13.2 Å². The summed E-state index contributed by atoms with van der Waals surface area (Å²) in [6.07, 6.45) is 0.0127. The first-order valence-corrected chi connectivity index (χ1v) is 9.30. The van der Waals surface area contributed by atoms with Crippen LogP contribution in [0, 0.1) is 17.8 Å². The second-order valence-corrected chi connectivity index (χ2v) is 8.40. The molecule has 3 aliphatic carbocycles. The Morgan fingerprint density at radius 3 is 1.40 bits per heavy atom. The molecular weight excluding hydrogens is 451 g/mol. The zero-order chi connectivity index (χ0) is 23.2. The minimum Gasteiger partial charge on any atom is -0.223 e. The molecule has 3 atom stereocenters. The standard InChI is InChI=1S/C17H17F13/c18-11(19,10-7-3-5-8-4-1-2-6-9(8)10)12(20)13(21,22)15(25,26)17(29,30)16(27,28)14(12,23)24/h8-10H,1-7H2. The van der Waals surface area contributed by atoms with Crippen LogP contribution < -0.4 is 0 Å². The second-order valence-electron chi connectivity index (χ2n) is 8.40. The lowest BCUT2D eigenvalue weighted by atomic mass is 9.58. The Morgan fingerprint density at radius 2 is 0.900 bits per heavy atom. The van der Waals surface area contributed by atoms with Crippen molar-refractivity contribution in [2.75, 3.05) is 0 Å². The van der Waals surface area contributed by atoms with Crippen molar-refractivity contribution in [3.05, 3.63) is 0 Å². The normalized spacial score (nSPS) is 38.5. The molecule has 0 radical (unpaired) electrons. The van der Waals surface area contributed by atoms with Gasteiger partial charge in [-0.15, -0.1) is 0 Å². The summed E-state index contributed by atoms with van der Waals surface area (Å²) in [5, 5.41) is 0. The van der Waals surface area contributed by atoms with Gasteiger partial charge in [0.2, 0.25) is 0 Å². The average molecular weight is 468 g/mol. The van der Waals surface area contributed by atoms with E-state index in [1.807, 2.05) is 0 Å². The van der Waals surface area contributed by atoms with E-state index in [0.717, 1.165) is 0 Å². The van der Waals surface area contributed by atoms with Gasteiger partial charge in [0.25, 0.3) is 5.92 Å². The highest BCUT2D eigenvalue weighted by atomic mass is 19.4. The van der Waals surface area contributed by atoms with Crippen LogP contribution in [0.25, 0.3) is 0 Å². The van der Waals surface area contributed by atoms with Gasteiger partial charge in [0.1, 0.15) is 0 Å². The first-order valence-electron chi connectivity index (χ1n) is 9.30. The molecule has 0 N–H and O–H groups in total. The zero-order valence-corrected chi connectivity index (χ0v) is 15.1. The van der Waals surface area contributed by atoms with Crippen LogP contribution in [0.5, 0.6) is 0 Å². The Kier molecular flexibility index (Phi) is 5.01. The third-order valence-electron chi connectivity index (χ3n) is 6.94. The Bertz CT molecular complexity index is 651. The molecule has 0 aromatic carbocycles. The number of hydrogen-bond acceptors (Lipinski definition) is 0. The fourth-order valence-corrected chi connectivity index (χ4v) is 5.28. The fraction of sp³-hybridized carbons (Fsp3) is 1.00. The van der Waals surface area contributed by atoms with E-state index < -0.39 is 65.4 Å². The first-order chi connectivity index (χ1) is 13.3. The highest BCUT2D eigenvalue weighted by Gasteiger charge is 3.05. The van der Waals surface area contributed by atoms with E-state index in [-0.39, 0.29) is 32.1 Å². The van der Waals surface area contributed by atoms with Gasteiger partial charge in [-0.3, -0.25) is 0 Å². The number of halogens is 13. The van der Waals surface area contributed by atoms with Crippen LogP contribution in [0.15, 0.2) is 0 Å². The number of hydrogen-bond donors (Lipinski definition) is 0. The minimum atomic E-state index is -7.51. The molecule has 0 amide bonds. The van der Waals surface area contributed by atoms with Crippen molar-refractivity contribution < 1.29 is 57.1 Å². The SMILES string of the molecule is FC(F)(C1CCCC2CCCCC21)C1(F)C(F)(F)C(F)(F)C(F)(F)C(F)(F)C1(F)F. The van der Waals surface area contributed by atoms with Crippen molar-refractivity contribution in [1.82, 2.24) is 0 Å². The highest BCUT2D eigenvalue weighted by molar-refractivity contribution is 5.30. The molecule has 0 nitrogen and oxygen atoms in total. The number of fused-ring (bicyclic) bond motifs is 1. The molecule has 0 heterocycles. The van der Waals surface area contributed by atoms with Crippen LogP contribution in [-0.4, -0.2) is 41.2 Å². The predicted octanol–water partition coefficient (Wildman–Crippen LogP) is 7.13. The van der Waals surface area contributed by atoms with Gasteiger partial charge >= 0.3 is 35.3 Å². The third-order valence-corrected chi connectivity index (χ3v) is 6.94. The molecule has 30 heavy (non-hydrogen) atoms. The highest BCUT2D eigenvalue weighted by Crippen LogP contribution is 2.74. The average Bonchev–Trinajstić information content (AvgIpc) is 2.64. The Labute approximate surface area is 162 Å². The summed E-state index contributed by atoms with van der Waals surface area (Å²) in [5.74, 6) is -48.4. The lowest BCUT2D eigenvalue weighted by molar-refractivity contribution is -0.509. The van der Waals surface area contributed by atoms with Crippen molar-refractivity contribution in [3.63, 3.8) is 0 Å². The maximum Gasteiger partial charge on any atom is 0.384 e. The topological polar surface area (TPSA) is 0 Å². The summed E-state index contributed by atoms with van der Waals surface area (Å²) in [6.45, 7) is 0. The van der Waals surface area contributed by atoms with Gasteiger partial charge in [-0.1, -0.05) is 32.1 Å². The first kappa shape index (κ1) is 23.7. The third kappa shape index (κ3) is 2.32. The second kappa shape index (κ2) is 6.32. The van der Waals surface area contributed by atoms with E-state index in [1.165, 1.54) is 0 Å². The number of rotatable bonds is 2. The van der Waals surface area contributed by atoms with Gasteiger partial charge in [0.15, 0.2) is 0 Å². The molecule has 176 valence electrons. The largest absolute Gasteiger partial charge is 0.384 e. The molecular formula is C17H17F13. The van der Waals surface area contributed by atoms with Crippen molar-refractivity contribution in [2.45, 2.75) is 86.1 Å². The van der Waals surface area contributed by atoms with Crippen molar-refractivity contribution >= 4 is 0 Å². The molecule has 3 fully saturated rings. The molecule has 13 heteroatoms. The van der Waals surface area contributed by atoms with Crippen molar-refractivity contribution in [3.8, 4) is 0 Å². The van der Waals surface area contributed by atoms with Gasteiger partial charge in [0, 0.05) is 5.92 Å². The molecule has 0 spiro atoms. The van der Waals surface area contributed by atoms with Crippen LogP contribution in [0.3, 0.4) is 0 Å². The molecule has 0 bridgehead atoms. The minimum absolute atomic E-state index is 0.166. The molecule has 3 rings (SSSR count). The van der Waals surface area contributed by atoms with Gasteiger partial charge in [0.05, 0.1) is 0 Å². The molecule has 0 aliphatic heterocycles. The Balaban J connectivity index is 2.22. The summed E-state index contributed by atoms with van der Waals surface area (Å²) in [4.78, 5) is 0. The summed E-state index contributed by atoms with van der Waals surface area (Å²) >= 11 is 0. The summed E-state index contributed by atoms with van der Waals surface area (Å²) in [5.41, 5.74) is -7.24. The fourth-order valence-electron chi connectivity index (χ4n) is 5.28. The van der Waals surface area contributed by atoms with E-state index in [1.54, 1.807) is 0 Å². The Morgan fingerprint density at radius 1 is 0.500 bits per heavy atom. The zero-order valence-electron chi connectivity index (χ0n) is 15.1. The molecule has 0 aromatic rings. The lowest BCUT2D eigenvalue weighted by Gasteiger charge is -2.57. The van der Waals surface area contributed by atoms with E-state index in [2.05, 4.69) is 0 Å². The number of alkyl halides is 13. The van der Waals surface area contributed by atoms with E-state index >= 15 is 13.2 Å². The summed E-state index contributed by atoms with van der Waals surface area (Å²) in [6, 6.07) is 0. The lowest BCUT2D eigenvalue weighted by Crippen LogP contribution is -2.88. The van der Waals surface area contributed by atoms with Crippen LogP contribution in [0.1, 0.15) is 44.9 Å². The van der Waals surface area contributed by atoms with Gasteiger partial charge in [-0.05, 0) is 24.7 Å². The predicted molar refractivity (Wildman–Crippen MR) is 76.3 cm³/mol. The molecule has 3 aliphatic rings. The molecule has 3 unspecified atom stereocenters. The van der Waals surface area contributed by atoms with Crippen LogP contribution in [-0.2, 0) is 0 Å². The van der Waals surface area contributed by atoms with E-state index in [4.69, 9.17) is 0 Å². The van der Waals surface area contributed by atoms with E-state index in [9.17, 15) is 43.9 Å². The van der Waals surface area contributed by atoms with Crippen LogP contribution >= 0.6 is 0 Å². The maximum atomic E-state index is 15.0. The van der Waals surface area contributed by atoms with Gasteiger partial charge in [-0.2, -0.15) is 43.9 Å². The summed E-state index contributed by atoms with van der Waals surface area (Å²) in [7, 11) is 0. The van der Waals surface area contributed by atoms with Gasteiger partial charge < -0.3 is 0 Å².